The molecular formula is C18H23N3O4. The van der Waals surface area contributed by atoms with Crippen molar-refractivity contribution >= 4 is 16.8 Å². The van der Waals surface area contributed by atoms with Gasteiger partial charge in [-0.25, -0.2) is 4.79 Å². The molecule has 0 saturated heterocycles. The zero-order valence-corrected chi connectivity index (χ0v) is 14.0. The number of carbonyl (C=O) groups is 1. The van der Waals surface area contributed by atoms with Crippen molar-refractivity contribution in [2.24, 2.45) is 5.92 Å². The molecule has 7 nitrogen and oxygen atoms in total. The monoisotopic (exact) mass is 345 g/mol. The normalized spacial score (nSPS) is 16.2. The molecule has 1 aliphatic rings. The number of nitrogens with zero attached hydrogens (tertiary/aromatic N) is 1. The molecule has 1 aromatic heterocycles. The molecule has 1 saturated carbocycles. The number of hydrogen-bond acceptors (Lipinski definition) is 4. The van der Waals surface area contributed by atoms with Gasteiger partial charge in [-0.05, 0) is 30.9 Å². The Morgan fingerprint density at radius 3 is 2.76 bits per heavy atom. The Bertz CT molecular complexity index is 864. The molecule has 0 bridgehead atoms. The van der Waals surface area contributed by atoms with Crippen molar-refractivity contribution in [2.45, 2.75) is 44.8 Å². The first-order valence-electron chi connectivity index (χ1n) is 8.73. The lowest BCUT2D eigenvalue weighted by atomic mass is 10.0. The van der Waals surface area contributed by atoms with Crippen LogP contribution in [0.1, 0.15) is 32.1 Å². The number of aliphatic hydroxyl groups excluding tert-OH is 1. The molecule has 0 spiro atoms. The highest BCUT2D eigenvalue weighted by Gasteiger charge is 2.23. The Balaban J connectivity index is 1.61. The number of hydrogen-bond donors (Lipinski definition) is 3. The van der Waals surface area contributed by atoms with Crippen LogP contribution in [-0.4, -0.2) is 33.2 Å². The third kappa shape index (κ3) is 3.99. The minimum atomic E-state index is -0.525. The van der Waals surface area contributed by atoms with E-state index in [9.17, 15) is 19.5 Å². The Morgan fingerprint density at radius 1 is 1.28 bits per heavy atom. The number of amides is 1. The molecule has 7 heteroatoms. The van der Waals surface area contributed by atoms with Crippen LogP contribution in [0, 0.1) is 5.92 Å². The summed E-state index contributed by atoms with van der Waals surface area (Å²) in [5.74, 6) is 0.0466. The van der Waals surface area contributed by atoms with Gasteiger partial charge >= 0.3 is 5.69 Å². The molecule has 0 radical (unpaired) electrons. The maximum absolute atomic E-state index is 12.0. The number of fused-ring (bicyclic) bond motifs is 1. The highest BCUT2D eigenvalue weighted by molar-refractivity contribution is 5.78. The Hall–Kier alpha value is -2.41. The fourth-order valence-corrected chi connectivity index (χ4v) is 3.49. The molecule has 25 heavy (non-hydrogen) atoms. The maximum atomic E-state index is 12.0. The molecule has 1 amide bonds. The van der Waals surface area contributed by atoms with Crippen LogP contribution in [0.2, 0.25) is 0 Å². The number of nitrogens with one attached hydrogen (secondary N) is 2. The van der Waals surface area contributed by atoms with Crippen LogP contribution in [0.5, 0.6) is 0 Å². The van der Waals surface area contributed by atoms with E-state index >= 15 is 0 Å². The molecular weight excluding hydrogens is 322 g/mol. The van der Waals surface area contributed by atoms with Crippen molar-refractivity contribution in [3.8, 4) is 0 Å². The minimum Gasteiger partial charge on any atom is -0.391 e. The number of carbonyl (C=O) groups excluding carboxylic acids is 1. The van der Waals surface area contributed by atoms with Crippen molar-refractivity contribution < 1.29 is 9.90 Å². The molecule has 1 aromatic carbocycles. The van der Waals surface area contributed by atoms with Crippen molar-refractivity contribution in [2.75, 3.05) is 6.54 Å². The van der Waals surface area contributed by atoms with Crippen LogP contribution in [0.15, 0.2) is 33.9 Å². The molecule has 1 atom stereocenters. The van der Waals surface area contributed by atoms with E-state index in [1.165, 1.54) is 4.57 Å². The Labute approximate surface area is 144 Å². The molecule has 3 rings (SSSR count). The van der Waals surface area contributed by atoms with E-state index < -0.39 is 17.4 Å². The van der Waals surface area contributed by atoms with E-state index in [1.54, 1.807) is 24.3 Å². The number of aliphatic hydroxyl groups is 1. The van der Waals surface area contributed by atoms with Gasteiger partial charge in [0.25, 0.3) is 5.56 Å². The van der Waals surface area contributed by atoms with Gasteiger partial charge in [-0.1, -0.05) is 25.0 Å². The summed E-state index contributed by atoms with van der Waals surface area (Å²) in [6.07, 6.45) is 3.89. The lowest BCUT2D eigenvalue weighted by molar-refractivity contribution is -0.121. The van der Waals surface area contributed by atoms with E-state index in [4.69, 9.17) is 0 Å². The first-order chi connectivity index (χ1) is 12.1. The van der Waals surface area contributed by atoms with Crippen LogP contribution in [0.25, 0.3) is 10.9 Å². The van der Waals surface area contributed by atoms with Gasteiger partial charge in [-0.15, -0.1) is 0 Å². The average molecular weight is 345 g/mol. The second kappa shape index (κ2) is 7.65. The molecule has 1 unspecified atom stereocenters. The van der Waals surface area contributed by atoms with Gasteiger partial charge in [-0.2, -0.15) is 0 Å². The molecule has 1 aliphatic carbocycles. The maximum Gasteiger partial charge on any atom is 0.328 e. The molecule has 3 N–H and O–H groups in total. The third-order valence-corrected chi connectivity index (χ3v) is 4.92. The molecule has 1 heterocycles. The van der Waals surface area contributed by atoms with Gasteiger partial charge < -0.3 is 10.4 Å². The van der Waals surface area contributed by atoms with Gasteiger partial charge in [0, 0.05) is 19.5 Å². The quantitative estimate of drug-likeness (QED) is 0.718. The predicted molar refractivity (Wildman–Crippen MR) is 94.4 cm³/mol. The Kier molecular flexibility index (Phi) is 5.33. The SMILES string of the molecule is O=C(CCn1c(=O)[nH]c(=O)c2ccccc21)NCC(O)C1CCCC1. The van der Waals surface area contributed by atoms with Crippen molar-refractivity contribution in [3.05, 3.63) is 45.1 Å². The van der Waals surface area contributed by atoms with Crippen LogP contribution in [-0.2, 0) is 11.3 Å². The average Bonchev–Trinajstić information content (AvgIpc) is 3.14. The summed E-state index contributed by atoms with van der Waals surface area (Å²) < 4.78 is 1.39. The second-order valence-corrected chi connectivity index (χ2v) is 6.59. The molecule has 134 valence electrons. The van der Waals surface area contributed by atoms with Gasteiger partial charge in [0.1, 0.15) is 0 Å². The number of para-hydroxylation sites is 1. The van der Waals surface area contributed by atoms with E-state index in [2.05, 4.69) is 10.3 Å². The predicted octanol–water partition coefficient (Wildman–Crippen LogP) is 0.747. The van der Waals surface area contributed by atoms with Gasteiger partial charge in [0.2, 0.25) is 5.91 Å². The van der Waals surface area contributed by atoms with Gasteiger partial charge in [-0.3, -0.25) is 19.1 Å². The van der Waals surface area contributed by atoms with Gasteiger partial charge in [0.05, 0.1) is 17.0 Å². The van der Waals surface area contributed by atoms with Crippen LogP contribution < -0.4 is 16.6 Å². The fraction of sp³-hybridized carbons (Fsp3) is 0.500. The first kappa shape index (κ1) is 17.4. The minimum absolute atomic E-state index is 0.104. The van der Waals surface area contributed by atoms with Crippen LogP contribution >= 0.6 is 0 Å². The number of benzene rings is 1. The summed E-state index contributed by atoms with van der Waals surface area (Å²) in [6, 6.07) is 6.80. The number of aryl methyl sites for hydroxylation is 1. The first-order valence-corrected chi connectivity index (χ1v) is 8.73. The van der Waals surface area contributed by atoms with E-state index in [-0.39, 0.29) is 31.3 Å². The lowest BCUT2D eigenvalue weighted by Gasteiger charge is -2.18. The van der Waals surface area contributed by atoms with Crippen molar-refractivity contribution in [3.63, 3.8) is 0 Å². The highest BCUT2D eigenvalue weighted by atomic mass is 16.3. The zero-order valence-electron chi connectivity index (χ0n) is 14.0. The van der Waals surface area contributed by atoms with Crippen LogP contribution in [0.3, 0.4) is 0 Å². The summed E-state index contributed by atoms with van der Waals surface area (Å²) >= 11 is 0. The summed E-state index contributed by atoms with van der Waals surface area (Å²) in [7, 11) is 0. The smallest absolute Gasteiger partial charge is 0.328 e. The Morgan fingerprint density at radius 2 is 2.00 bits per heavy atom. The topological polar surface area (TPSA) is 104 Å². The third-order valence-electron chi connectivity index (χ3n) is 4.92. The van der Waals surface area contributed by atoms with Gasteiger partial charge in [0.15, 0.2) is 0 Å². The number of aromatic amines is 1. The van der Waals surface area contributed by atoms with E-state index in [1.807, 2.05) is 0 Å². The summed E-state index contributed by atoms with van der Waals surface area (Å²) in [4.78, 5) is 38.2. The largest absolute Gasteiger partial charge is 0.391 e. The van der Waals surface area contributed by atoms with E-state index in [0.717, 1.165) is 25.7 Å². The van der Waals surface area contributed by atoms with Crippen molar-refractivity contribution in [1.82, 2.24) is 14.9 Å². The lowest BCUT2D eigenvalue weighted by Crippen LogP contribution is -2.37. The number of aromatic nitrogens is 2. The summed E-state index contributed by atoms with van der Waals surface area (Å²) in [5.41, 5.74) is -0.446. The number of rotatable bonds is 6. The van der Waals surface area contributed by atoms with E-state index in [0.29, 0.717) is 10.9 Å². The standard InChI is InChI=1S/C18H23N3O4/c22-15(12-5-1-2-6-12)11-19-16(23)9-10-21-14-8-4-3-7-13(14)17(24)20-18(21)25/h3-4,7-8,12,15,22H,1-2,5-6,9-11H2,(H,19,23)(H,20,24,25). The molecule has 0 aliphatic heterocycles. The summed E-state index contributed by atoms with van der Waals surface area (Å²) in [6.45, 7) is 0.409. The second-order valence-electron chi connectivity index (χ2n) is 6.59. The molecule has 2 aromatic rings. The highest BCUT2D eigenvalue weighted by Crippen LogP contribution is 2.27. The summed E-state index contributed by atoms with van der Waals surface area (Å²) in [5, 5.41) is 13.2. The fourth-order valence-electron chi connectivity index (χ4n) is 3.49. The van der Waals surface area contributed by atoms with Crippen molar-refractivity contribution in [1.29, 1.82) is 0 Å². The molecule has 1 fully saturated rings. The van der Waals surface area contributed by atoms with Crippen LogP contribution in [0.4, 0.5) is 0 Å². The zero-order chi connectivity index (χ0) is 17.8. The number of H-pyrrole nitrogens is 1.